The Kier molecular flexibility index (Phi) is 4.78. The summed E-state index contributed by atoms with van der Waals surface area (Å²) in [6.45, 7) is 10.9. The van der Waals surface area contributed by atoms with Crippen LogP contribution in [0.5, 0.6) is 0 Å². The van der Waals surface area contributed by atoms with Crippen molar-refractivity contribution in [1.82, 2.24) is 10.2 Å². The first kappa shape index (κ1) is 15.1. The lowest BCUT2D eigenvalue weighted by Gasteiger charge is -2.43. The van der Waals surface area contributed by atoms with Gasteiger partial charge in [0.15, 0.2) is 0 Å². The number of nitrogens with one attached hydrogen (secondary N) is 1. The first-order valence-corrected chi connectivity index (χ1v) is 7.55. The van der Waals surface area contributed by atoms with Crippen molar-refractivity contribution in [3.63, 3.8) is 0 Å². The molecule has 1 aromatic carbocycles. The summed E-state index contributed by atoms with van der Waals surface area (Å²) in [4.78, 5) is 2.51. The molecule has 0 aliphatic carbocycles. The van der Waals surface area contributed by atoms with Gasteiger partial charge in [0.05, 0.1) is 10.0 Å². The molecule has 1 aliphatic heterocycles. The van der Waals surface area contributed by atoms with Gasteiger partial charge in [-0.05, 0) is 17.0 Å². The second kappa shape index (κ2) is 6.01. The first-order chi connectivity index (χ1) is 8.91. The molecule has 0 radical (unpaired) electrons. The molecule has 1 N–H and O–H groups in total. The second-order valence-electron chi connectivity index (χ2n) is 6.20. The Morgan fingerprint density at radius 2 is 1.79 bits per heavy atom. The molecule has 4 heteroatoms. The fourth-order valence-electron chi connectivity index (χ4n) is 2.88. The van der Waals surface area contributed by atoms with Crippen molar-refractivity contribution in [2.75, 3.05) is 26.2 Å². The van der Waals surface area contributed by atoms with E-state index in [-0.39, 0.29) is 5.41 Å². The second-order valence-corrected chi connectivity index (χ2v) is 6.98. The van der Waals surface area contributed by atoms with E-state index in [1.54, 1.807) is 0 Å². The van der Waals surface area contributed by atoms with Crippen molar-refractivity contribution >= 4 is 23.2 Å². The zero-order valence-corrected chi connectivity index (χ0v) is 13.4. The van der Waals surface area contributed by atoms with Crippen LogP contribution >= 0.6 is 23.2 Å². The summed E-state index contributed by atoms with van der Waals surface area (Å²) in [6.07, 6.45) is 0. The Labute approximate surface area is 126 Å². The number of benzene rings is 1. The summed E-state index contributed by atoms with van der Waals surface area (Å²) in [7, 11) is 0. The van der Waals surface area contributed by atoms with Crippen LogP contribution in [-0.4, -0.2) is 31.1 Å². The molecule has 0 bridgehead atoms. The number of hydrogen-bond donors (Lipinski definition) is 1. The van der Waals surface area contributed by atoms with Crippen molar-refractivity contribution in [2.24, 2.45) is 5.41 Å². The van der Waals surface area contributed by atoms with Crippen molar-refractivity contribution in [1.29, 1.82) is 0 Å². The number of piperazine rings is 1. The third-order valence-corrected chi connectivity index (χ3v) is 4.45. The van der Waals surface area contributed by atoms with E-state index in [0.717, 1.165) is 31.7 Å². The van der Waals surface area contributed by atoms with Gasteiger partial charge in [0.2, 0.25) is 0 Å². The molecule has 2 rings (SSSR count). The Hall–Kier alpha value is -0.280. The van der Waals surface area contributed by atoms with E-state index in [2.05, 4.69) is 37.1 Å². The van der Waals surface area contributed by atoms with E-state index >= 15 is 0 Å². The van der Waals surface area contributed by atoms with Gasteiger partial charge in [-0.2, -0.15) is 0 Å². The first-order valence-electron chi connectivity index (χ1n) is 6.80. The molecule has 1 atom stereocenters. The molecule has 2 nitrogen and oxygen atoms in total. The fourth-order valence-corrected chi connectivity index (χ4v) is 3.29. The highest BCUT2D eigenvalue weighted by Crippen LogP contribution is 2.42. The van der Waals surface area contributed by atoms with Crippen LogP contribution in [0.3, 0.4) is 0 Å². The minimum atomic E-state index is 0.117. The molecule has 1 aliphatic rings. The Bertz CT molecular complexity index is 434. The molecule has 106 valence electrons. The van der Waals surface area contributed by atoms with E-state index in [1.807, 2.05) is 12.1 Å². The quantitative estimate of drug-likeness (QED) is 0.888. The van der Waals surface area contributed by atoms with E-state index in [4.69, 9.17) is 23.2 Å². The third kappa shape index (κ3) is 3.43. The predicted molar refractivity (Wildman–Crippen MR) is 83.1 cm³/mol. The van der Waals surface area contributed by atoms with E-state index in [9.17, 15) is 0 Å². The lowest BCUT2D eigenvalue weighted by molar-refractivity contribution is 0.0863. The highest BCUT2D eigenvalue weighted by atomic mass is 35.5. The predicted octanol–water partition coefficient (Wildman–Crippen LogP) is 3.99. The fraction of sp³-hybridized carbons (Fsp3) is 0.600. The Morgan fingerprint density at radius 1 is 1.16 bits per heavy atom. The molecule has 1 fully saturated rings. The van der Waals surface area contributed by atoms with Gasteiger partial charge >= 0.3 is 0 Å². The van der Waals surface area contributed by atoms with Crippen molar-refractivity contribution in [3.8, 4) is 0 Å². The zero-order valence-electron chi connectivity index (χ0n) is 11.8. The molecule has 19 heavy (non-hydrogen) atoms. The van der Waals surface area contributed by atoms with Gasteiger partial charge in [-0.3, -0.25) is 4.90 Å². The van der Waals surface area contributed by atoms with Crippen LogP contribution in [0.1, 0.15) is 32.4 Å². The normalized spacial score (nSPS) is 19.4. The highest BCUT2D eigenvalue weighted by molar-refractivity contribution is 6.42. The van der Waals surface area contributed by atoms with Gasteiger partial charge in [0.1, 0.15) is 0 Å². The van der Waals surface area contributed by atoms with E-state index < -0.39 is 0 Å². The summed E-state index contributed by atoms with van der Waals surface area (Å²) in [5.41, 5.74) is 1.26. The largest absolute Gasteiger partial charge is 0.314 e. The smallest absolute Gasteiger partial charge is 0.0640 e. The van der Waals surface area contributed by atoms with Gasteiger partial charge in [-0.25, -0.2) is 0 Å². The molecule has 0 spiro atoms. The molecule has 0 aromatic heterocycles. The standard InChI is InChI=1S/C15H22Cl2N2/c1-15(2,3)14(19-9-7-18-8-10-19)11-5-4-6-12(16)13(11)17/h4-6,14,18H,7-10H2,1-3H3/t14-/m1/s1. The van der Waals surface area contributed by atoms with Crippen molar-refractivity contribution in [3.05, 3.63) is 33.8 Å². The maximum absolute atomic E-state index is 6.44. The maximum Gasteiger partial charge on any atom is 0.0640 e. The minimum absolute atomic E-state index is 0.117. The van der Waals surface area contributed by atoms with Gasteiger partial charge in [0, 0.05) is 32.2 Å². The topological polar surface area (TPSA) is 15.3 Å². The summed E-state index contributed by atoms with van der Waals surface area (Å²) in [5, 5.41) is 4.74. The average Bonchev–Trinajstić information content (AvgIpc) is 2.35. The minimum Gasteiger partial charge on any atom is -0.314 e. The molecular formula is C15H22Cl2N2. The van der Waals surface area contributed by atoms with Gasteiger partial charge in [0.25, 0.3) is 0 Å². The molecule has 1 saturated heterocycles. The van der Waals surface area contributed by atoms with Crippen molar-refractivity contribution < 1.29 is 0 Å². The average molecular weight is 301 g/mol. The summed E-state index contributed by atoms with van der Waals surface area (Å²) < 4.78 is 0. The Morgan fingerprint density at radius 3 is 2.37 bits per heavy atom. The number of halogens is 2. The third-order valence-electron chi connectivity index (χ3n) is 3.61. The van der Waals surface area contributed by atoms with E-state index in [0.29, 0.717) is 16.1 Å². The molecular weight excluding hydrogens is 279 g/mol. The van der Waals surface area contributed by atoms with Crippen LogP contribution in [0.15, 0.2) is 18.2 Å². The maximum atomic E-state index is 6.44. The van der Waals surface area contributed by atoms with Crippen LogP contribution < -0.4 is 5.32 Å². The van der Waals surface area contributed by atoms with Gasteiger partial charge in [-0.15, -0.1) is 0 Å². The molecule has 0 unspecified atom stereocenters. The monoisotopic (exact) mass is 300 g/mol. The van der Waals surface area contributed by atoms with Gasteiger partial charge in [-0.1, -0.05) is 56.1 Å². The van der Waals surface area contributed by atoms with Crippen LogP contribution in [0.25, 0.3) is 0 Å². The van der Waals surface area contributed by atoms with Crippen molar-refractivity contribution in [2.45, 2.75) is 26.8 Å². The van der Waals surface area contributed by atoms with Gasteiger partial charge < -0.3 is 5.32 Å². The molecule has 0 amide bonds. The summed E-state index contributed by atoms with van der Waals surface area (Å²) in [6, 6.07) is 6.24. The molecule has 1 aromatic rings. The van der Waals surface area contributed by atoms with E-state index in [1.165, 1.54) is 0 Å². The number of rotatable bonds is 2. The number of hydrogen-bond acceptors (Lipinski definition) is 2. The zero-order chi connectivity index (χ0) is 14.0. The highest BCUT2D eigenvalue weighted by Gasteiger charge is 2.34. The van der Waals surface area contributed by atoms with Crippen LogP contribution in [0.2, 0.25) is 10.0 Å². The van der Waals surface area contributed by atoms with Crippen LogP contribution in [-0.2, 0) is 0 Å². The Balaban J connectivity index is 2.40. The van der Waals surface area contributed by atoms with Crippen LogP contribution in [0, 0.1) is 5.41 Å². The lowest BCUT2D eigenvalue weighted by atomic mass is 9.81. The van der Waals surface area contributed by atoms with Crippen LogP contribution in [0.4, 0.5) is 0 Å². The molecule has 0 saturated carbocycles. The molecule has 1 heterocycles. The summed E-state index contributed by atoms with van der Waals surface area (Å²) in [5.74, 6) is 0. The SMILES string of the molecule is CC(C)(C)[C@@H](c1cccc(Cl)c1Cl)N1CCNCC1. The summed E-state index contributed by atoms with van der Waals surface area (Å²) >= 11 is 12.6. The number of nitrogens with zero attached hydrogens (tertiary/aromatic N) is 1. The lowest BCUT2D eigenvalue weighted by Crippen LogP contribution is -2.48.